The van der Waals surface area contributed by atoms with Crippen LogP contribution in [0.15, 0.2) is 29.3 Å². The molecule has 0 radical (unpaired) electrons. The highest BCUT2D eigenvalue weighted by Gasteiger charge is 2.20. The average Bonchev–Trinajstić information content (AvgIpc) is 3.30. The average molecular weight is 496 g/mol. The minimum absolute atomic E-state index is 0.0995. The molecule has 3 rings (SSSR count). The van der Waals surface area contributed by atoms with Crippen LogP contribution in [0.2, 0.25) is 0 Å². The fraction of sp³-hybridized carbons (Fsp3) is 0.542. The van der Waals surface area contributed by atoms with Crippen molar-refractivity contribution in [2.24, 2.45) is 5.73 Å². The van der Waals surface area contributed by atoms with Crippen LogP contribution in [0, 0.1) is 0 Å². The summed E-state index contributed by atoms with van der Waals surface area (Å²) in [6.07, 6.45) is 8.18. The summed E-state index contributed by atoms with van der Waals surface area (Å²) in [6.45, 7) is 10.00. The van der Waals surface area contributed by atoms with Gasteiger partial charge in [0.1, 0.15) is 17.3 Å². The number of rotatable bonds is 7. The molecule has 0 spiro atoms. The van der Waals surface area contributed by atoms with Crippen molar-refractivity contribution in [2.75, 3.05) is 6.54 Å². The van der Waals surface area contributed by atoms with Crippen LogP contribution in [0.1, 0.15) is 88.0 Å². The highest BCUT2D eigenvalue weighted by atomic mass is 32.2. The van der Waals surface area contributed by atoms with Gasteiger partial charge in [0.2, 0.25) is 0 Å². The lowest BCUT2D eigenvalue weighted by atomic mass is 9.90. The van der Waals surface area contributed by atoms with Crippen molar-refractivity contribution >= 4 is 34.7 Å². The monoisotopic (exact) mass is 495 g/mol. The molecule has 3 N–H and O–H groups in total. The lowest BCUT2D eigenvalue weighted by molar-refractivity contribution is 0.112. The number of ether oxygens (including phenoxy) is 1. The molecule has 1 saturated carbocycles. The predicted octanol–water partition coefficient (Wildman–Crippen LogP) is 5.82. The van der Waals surface area contributed by atoms with Crippen molar-refractivity contribution in [1.29, 1.82) is 0 Å². The molecule has 1 aliphatic carbocycles. The van der Waals surface area contributed by atoms with Gasteiger partial charge < -0.3 is 10.5 Å². The SMILES string of the molecule is CC.CC(C)OC(N)=O.CCNS(=O)c1cc(C=O)ccc1-c1cnc(C2CCCCC2)s1. The van der Waals surface area contributed by atoms with E-state index < -0.39 is 17.1 Å². The molecule has 184 valence electrons. The number of nitrogens with two attached hydrogens (primary N) is 1. The normalized spacial score (nSPS) is 14.4. The first-order valence-corrected chi connectivity index (χ1v) is 13.5. The number of amides is 1. The number of hydrogen-bond donors (Lipinski definition) is 2. The van der Waals surface area contributed by atoms with Gasteiger partial charge in [-0.15, -0.1) is 11.3 Å². The Labute approximate surface area is 204 Å². The Hall–Kier alpha value is -2.10. The van der Waals surface area contributed by atoms with Crippen LogP contribution in [0.4, 0.5) is 4.79 Å². The van der Waals surface area contributed by atoms with E-state index in [0.29, 0.717) is 22.9 Å². The molecule has 1 fully saturated rings. The molecule has 9 heteroatoms. The Balaban J connectivity index is 0.000000520. The Kier molecular flexibility index (Phi) is 13.8. The molecule has 2 aromatic rings. The van der Waals surface area contributed by atoms with E-state index in [9.17, 15) is 13.8 Å². The first-order chi connectivity index (χ1) is 15.8. The van der Waals surface area contributed by atoms with E-state index in [2.05, 4.69) is 20.2 Å². The molecule has 0 aliphatic heterocycles. The third-order valence-corrected chi connectivity index (χ3v) is 7.19. The van der Waals surface area contributed by atoms with Gasteiger partial charge in [-0.2, -0.15) is 0 Å². The molecule has 1 unspecified atom stereocenters. The molecule has 7 nitrogen and oxygen atoms in total. The van der Waals surface area contributed by atoms with Gasteiger partial charge in [-0.05, 0) is 32.8 Å². The van der Waals surface area contributed by atoms with Gasteiger partial charge >= 0.3 is 6.09 Å². The number of hydrogen-bond acceptors (Lipinski definition) is 6. The molecular formula is C24H37N3O4S2. The number of aromatic nitrogens is 1. The Morgan fingerprint density at radius 2 is 1.97 bits per heavy atom. The number of thiazole rings is 1. The summed E-state index contributed by atoms with van der Waals surface area (Å²) in [4.78, 5) is 27.2. The minimum atomic E-state index is -1.33. The van der Waals surface area contributed by atoms with Crippen molar-refractivity contribution in [1.82, 2.24) is 9.71 Å². The zero-order valence-electron chi connectivity index (χ0n) is 20.3. The maximum atomic E-state index is 12.5. The number of benzene rings is 1. The zero-order valence-corrected chi connectivity index (χ0v) is 21.9. The van der Waals surface area contributed by atoms with Crippen LogP contribution in [0.25, 0.3) is 10.4 Å². The van der Waals surface area contributed by atoms with Crippen molar-refractivity contribution < 1.29 is 18.5 Å². The molecule has 1 aromatic heterocycles. The third kappa shape index (κ3) is 9.73. The molecule has 1 atom stereocenters. The minimum Gasteiger partial charge on any atom is -0.447 e. The molecule has 1 aromatic carbocycles. The summed E-state index contributed by atoms with van der Waals surface area (Å²) < 4.78 is 19.8. The summed E-state index contributed by atoms with van der Waals surface area (Å²) in [5.41, 5.74) is 6.07. The van der Waals surface area contributed by atoms with Gasteiger partial charge in [0.25, 0.3) is 0 Å². The van der Waals surface area contributed by atoms with Gasteiger partial charge in [-0.25, -0.2) is 18.7 Å². The standard InChI is InChI=1S/C18H22N2O2S2.C4H9NO2.C2H6/c1-2-20-24(22)17-10-13(12-21)8-9-15(17)16-11-19-18(23-16)14-6-4-3-5-7-14;1-3(2)7-4(5)6;1-2/h8-12,14,20H,2-7H2,1H3;3H,1-2H3,(H2,5,6);1-2H3. The van der Waals surface area contributed by atoms with E-state index in [1.807, 2.05) is 33.0 Å². The van der Waals surface area contributed by atoms with Crippen LogP contribution in [-0.2, 0) is 15.7 Å². The number of aldehydes is 1. The van der Waals surface area contributed by atoms with Gasteiger partial charge in [0, 0.05) is 29.8 Å². The Bertz CT molecular complexity index is 894. The van der Waals surface area contributed by atoms with Gasteiger partial charge in [-0.3, -0.25) is 4.79 Å². The predicted molar refractivity (Wildman–Crippen MR) is 136 cm³/mol. The first kappa shape index (κ1) is 28.9. The fourth-order valence-electron chi connectivity index (χ4n) is 3.36. The highest BCUT2D eigenvalue weighted by molar-refractivity contribution is 7.83. The summed E-state index contributed by atoms with van der Waals surface area (Å²) in [5, 5.41) is 1.18. The molecule has 0 saturated heterocycles. The van der Waals surface area contributed by atoms with Crippen molar-refractivity contribution in [3.63, 3.8) is 0 Å². The lowest BCUT2D eigenvalue weighted by Gasteiger charge is -2.18. The van der Waals surface area contributed by atoms with Crippen molar-refractivity contribution in [3.05, 3.63) is 35.0 Å². The van der Waals surface area contributed by atoms with E-state index >= 15 is 0 Å². The first-order valence-electron chi connectivity index (χ1n) is 11.5. The zero-order chi connectivity index (χ0) is 24.8. The topological polar surface area (TPSA) is 111 Å². The van der Waals surface area contributed by atoms with Gasteiger partial charge in [-0.1, -0.05) is 52.2 Å². The summed E-state index contributed by atoms with van der Waals surface area (Å²) in [5.74, 6) is 0.564. The second-order valence-corrected chi connectivity index (χ2v) is 9.85. The quantitative estimate of drug-likeness (QED) is 0.470. The molecule has 33 heavy (non-hydrogen) atoms. The summed E-state index contributed by atoms with van der Waals surface area (Å²) in [7, 11) is -1.33. The van der Waals surface area contributed by atoms with Crippen LogP contribution in [0.3, 0.4) is 0 Å². The highest BCUT2D eigenvalue weighted by Crippen LogP contribution is 2.38. The van der Waals surface area contributed by atoms with Crippen LogP contribution in [0.5, 0.6) is 0 Å². The fourth-order valence-corrected chi connectivity index (χ4v) is 5.59. The second-order valence-electron chi connectivity index (χ2n) is 7.52. The van der Waals surface area contributed by atoms with E-state index in [4.69, 9.17) is 0 Å². The molecule has 0 bridgehead atoms. The molecular weight excluding hydrogens is 458 g/mol. The van der Waals surface area contributed by atoms with E-state index in [0.717, 1.165) is 16.7 Å². The lowest BCUT2D eigenvalue weighted by Crippen LogP contribution is -2.17. The smallest absolute Gasteiger partial charge is 0.404 e. The van der Waals surface area contributed by atoms with Gasteiger partial charge in [0.05, 0.1) is 20.9 Å². The van der Waals surface area contributed by atoms with E-state index in [-0.39, 0.29) is 6.10 Å². The summed E-state index contributed by atoms with van der Waals surface area (Å²) >= 11 is 1.69. The van der Waals surface area contributed by atoms with E-state index in [1.54, 1.807) is 37.3 Å². The second kappa shape index (κ2) is 15.7. The number of carbonyl (C=O) groups excluding carboxylic acids is 2. The number of primary amides is 1. The summed E-state index contributed by atoms with van der Waals surface area (Å²) in [6, 6.07) is 5.36. The number of nitrogens with one attached hydrogen (secondary N) is 1. The van der Waals surface area contributed by atoms with Crippen molar-refractivity contribution in [2.45, 2.75) is 83.6 Å². The molecule has 1 aliphatic rings. The Morgan fingerprint density at radius 3 is 2.48 bits per heavy atom. The maximum Gasteiger partial charge on any atom is 0.404 e. The molecule has 1 heterocycles. The van der Waals surface area contributed by atoms with Crippen molar-refractivity contribution in [3.8, 4) is 10.4 Å². The number of nitrogens with zero attached hydrogens (tertiary/aromatic N) is 1. The number of carbonyl (C=O) groups is 2. The van der Waals surface area contributed by atoms with Crippen LogP contribution in [-0.4, -0.2) is 34.2 Å². The maximum absolute atomic E-state index is 12.5. The third-order valence-electron chi connectivity index (χ3n) is 4.71. The largest absolute Gasteiger partial charge is 0.447 e. The Morgan fingerprint density at radius 1 is 1.30 bits per heavy atom. The molecule has 1 amide bonds. The van der Waals surface area contributed by atoms with Crippen LogP contribution >= 0.6 is 11.3 Å². The van der Waals surface area contributed by atoms with Crippen LogP contribution < -0.4 is 10.5 Å². The van der Waals surface area contributed by atoms with E-state index in [1.165, 1.54) is 37.1 Å². The van der Waals surface area contributed by atoms with Gasteiger partial charge in [0.15, 0.2) is 0 Å².